The van der Waals surface area contributed by atoms with Crippen LogP contribution in [0.25, 0.3) is 10.8 Å². The molecule has 0 aliphatic carbocycles. The first-order chi connectivity index (χ1) is 12.1. The maximum Gasteiger partial charge on any atom is 0.270 e. The summed E-state index contributed by atoms with van der Waals surface area (Å²) in [7, 11) is 1.67. The first-order valence-electron chi connectivity index (χ1n) is 8.25. The first kappa shape index (κ1) is 17.1. The van der Waals surface area contributed by atoms with E-state index in [0.717, 1.165) is 27.7 Å². The average Bonchev–Trinajstić information content (AvgIpc) is 2.90. The molecule has 3 aromatic rings. The van der Waals surface area contributed by atoms with Crippen LogP contribution in [0.5, 0.6) is 0 Å². The highest BCUT2D eigenvalue weighted by Gasteiger charge is 2.15. The fraction of sp³-hybridized carbons (Fsp3) is 0.316. The van der Waals surface area contributed by atoms with Crippen molar-refractivity contribution >= 4 is 16.7 Å². The maximum atomic E-state index is 12.6. The quantitative estimate of drug-likeness (QED) is 0.750. The van der Waals surface area contributed by atoms with Gasteiger partial charge in [-0.3, -0.25) is 14.5 Å². The van der Waals surface area contributed by atoms with Crippen LogP contribution in [0.1, 0.15) is 27.4 Å². The summed E-state index contributed by atoms with van der Waals surface area (Å²) in [6.45, 7) is 5.69. The Balaban J connectivity index is 1.77. The molecule has 6 heteroatoms. The van der Waals surface area contributed by atoms with Gasteiger partial charge in [-0.15, -0.1) is 0 Å². The van der Waals surface area contributed by atoms with Gasteiger partial charge in [0, 0.05) is 36.5 Å². The number of ether oxygens (including phenoxy) is 1. The van der Waals surface area contributed by atoms with Crippen LogP contribution in [0.15, 0.2) is 36.5 Å². The second-order valence-corrected chi connectivity index (χ2v) is 5.93. The highest BCUT2D eigenvalue weighted by molar-refractivity contribution is 6.05. The van der Waals surface area contributed by atoms with Gasteiger partial charge in [0.15, 0.2) is 0 Å². The lowest BCUT2D eigenvalue weighted by molar-refractivity contribution is 0.0947. The molecule has 0 atom stereocenters. The SMILES string of the molecule is COCCn1nc(C)c(CNC(=O)c2nccc3ccccc23)c1C. The molecule has 0 spiro atoms. The number of benzene rings is 1. The van der Waals surface area contributed by atoms with Crippen molar-refractivity contribution < 1.29 is 9.53 Å². The number of hydrogen-bond donors (Lipinski definition) is 1. The Hall–Kier alpha value is -2.73. The van der Waals surface area contributed by atoms with Crippen LogP contribution in [0.4, 0.5) is 0 Å². The van der Waals surface area contributed by atoms with Crippen molar-refractivity contribution in [3.63, 3.8) is 0 Å². The van der Waals surface area contributed by atoms with E-state index in [1.807, 2.05) is 48.9 Å². The van der Waals surface area contributed by atoms with Gasteiger partial charge in [-0.25, -0.2) is 0 Å². The van der Waals surface area contributed by atoms with E-state index in [1.165, 1.54) is 0 Å². The molecule has 6 nitrogen and oxygen atoms in total. The third kappa shape index (κ3) is 3.53. The van der Waals surface area contributed by atoms with E-state index >= 15 is 0 Å². The summed E-state index contributed by atoms with van der Waals surface area (Å²) in [6.07, 6.45) is 1.66. The van der Waals surface area contributed by atoms with Gasteiger partial charge in [0.25, 0.3) is 5.91 Å². The molecule has 3 rings (SSSR count). The van der Waals surface area contributed by atoms with Gasteiger partial charge in [-0.05, 0) is 25.3 Å². The summed E-state index contributed by atoms with van der Waals surface area (Å²) >= 11 is 0. The molecule has 0 aliphatic heterocycles. The van der Waals surface area contributed by atoms with Gasteiger partial charge in [0.05, 0.1) is 18.8 Å². The number of nitrogens with zero attached hydrogens (tertiary/aromatic N) is 3. The number of fused-ring (bicyclic) bond motifs is 1. The zero-order valence-electron chi connectivity index (χ0n) is 14.7. The minimum atomic E-state index is -0.180. The van der Waals surface area contributed by atoms with Crippen LogP contribution in [0.2, 0.25) is 0 Å². The van der Waals surface area contributed by atoms with Crippen molar-refractivity contribution in [3.8, 4) is 0 Å². The van der Waals surface area contributed by atoms with E-state index in [0.29, 0.717) is 25.4 Å². The minimum Gasteiger partial charge on any atom is -0.383 e. The van der Waals surface area contributed by atoms with Crippen LogP contribution < -0.4 is 5.32 Å². The van der Waals surface area contributed by atoms with Gasteiger partial charge in [-0.1, -0.05) is 24.3 Å². The average molecular weight is 338 g/mol. The number of carbonyl (C=O) groups is 1. The summed E-state index contributed by atoms with van der Waals surface area (Å²) in [6, 6.07) is 9.65. The summed E-state index contributed by atoms with van der Waals surface area (Å²) in [5, 5.41) is 9.35. The summed E-state index contributed by atoms with van der Waals surface area (Å²) in [5.41, 5.74) is 3.44. The first-order valence-corrected chi connectivity index (χ1v) is 8.25. The van der Waals surface area contributed by atoms with E-state index in [1.54, 1.807) is 13.3 Å². The fourth-order valence-electron chi connectivity index (χ4n) is 2.94. The number of rotatable bonds is 6. The molecule has 0 radical (unpaired) electrons. The van der Waals surface area contributed by atoms with Crippen LogP contribution in [-0.4, -0.2) is 34.4 Å². The van der Waals surface area contributed by atoms with Crippen molar-refractivity contribution in [3.05, 3.63) is 59.2 Å². The number of pyridine rings is 1. The van der Waals surface area contributed by atoms with Crippen molar-refractivity contribution in [1.29, 1.82) is 0 Å². The molecule has 1 aromatic carbocycles. The smallest absolute Gasteiger partial charge is 0.270 e. The minimum absolute atomic E-state index is 0.180. The van der Waals surface area contributed by atoms with E-state index in [4.69, 9.17) is 4.74 Å². The number of carbonyl (C=O) groups excluding carboxylic acids is 1. The Morgan fingerprint density at radius 3 is 2.84 bits per heavy atom. The Morgan fingerprint density at radius 2 is 2.04 bits per heavy atom. The molecule has 1 amide bonds. The van der Waals surface area contributed by atoms with Crippen LogP contribution in [0, 0.1) is 13.8 Å². The van der Waals surface area contributed by atoms with E-state index in [9.17, 15) is 4.79 Å². The van der Waals surface area contributed by atoms with Crippen LogP contribution in [-0.2, 0) is 17.8 Å². The lowest BCUT2D eigenvalue weighted by atomic mass is 10.1. The van der Waals surface area contributed by atoms with Gasteiger partial charge in [0.1, 0.15) is 5.69 Å². The molecule has 1 N–H and O–H groups in total. The van der Waals surface area contributed by atoms with Gasteiger partial charge < -0.3 is 10.1 Å². The third-order valence-corrected chi connectivity index (χ3v) is 4.35. The standard InChI is InChI=1S/C19H22N4O2/c1-13-17(14(2)23(22-13)10-11-25-3)12-21-19(24)18-16-7-5-4-6-15(16)8-9-20-18/h4-9H,10-12H2,1-3H3,(H,21,24). The maximum absolute atomic E-state index is 12.6. The fourth-order valence-corrected chi connectivity index (χ4v) is 2.94. The Morgan fingerprint density at radius 1 is 1.24 bits per heavy atom. The summed E-state index contributed by atoms with van der Waals surface area (Å²) < 4.78 is 7.02. The molecular formula is C19H22N4O2. The lowest BCUT2D eigenvalue weighted by Gasteiger charge is -2.08. The number of aryl methyl sites for hydroxylation is 1. The Labute approximate surface area is 146 Å². The van der Waals surface area contributed by atoms with E-state index in [2.05, 4.69) is 15.4 Å². The number of amides is 1. The lowest BCUT2D eigenvalue weighted by Crippen LogP contribution is -2.24. The van der Waals surface area contributed by atoms with Crippen molar-refractivity contribution in [2.75, 3.05) is 13.7 Å². The van der Waals surface area contributed by atoms with Crippen molar-refractivity contribution in [2.45, 2.75) is 26.9 Å². The number of nitrogens with one attached hydrogen (secondary N) is 1. The normalized spacial score (nSPS) is 11.0. The molecule has 0 aliphatic rings. The van der Waals surface area contributed by atoms with E-state index < -0.39 is 0 Å². The van der Waals surface area contributed by atoms with E-state index in [-0.39, 0.29) is 5.91 Å². The molecule has 0 saturated carbocycles. The van der Waals surface area contributed by atoms with Crippen LogP contribution >= 0.6 is 0 Å². The third-order valence-electron chi connectivity index (χ3n) is 4.35. The molecule has 0 fully saturated rings. The van der Waals surface area contributed by atoms with Crippen molar-refractivity contribution in [1.82, 2.24) is 20.1 Å². The molecule has 2 aromatic heterocycles. The molecule has 25 heavy (non-hydrogen) atoms. The molecule has 2 heterocycles. The highest BCUT2D eigenvalue weighted by Crippen LogP contribution is 2.17. The highest BCUT2D eigenvalue weighted by atomic mass is 16.5. The van der Waals surface area contributed by atoms with Crippen LogP contribution in [0.3, 0.4) is 0 Å². The predicted molar refractivity (Wildman–Crippen MR) is 96.5 cm³/mol. The summed E-state index contributed by atoms with van der Waals surface area (Å²) in [4.78, 5) is 16.9. The predicted octanol–water partition coefficient (Wildman–Crippen LogP) is 2.62. The zero-order valence-corrected chi connectivity index (χ0v) is 14.7. The van der Waals surface area contributed by atoms with Gasteiger partial charge >= 0.3 is 0 Å². The Bertz CT molecular complexity index is 896. The molecule has 0 bridgehead atoms. The van der Waals surface area contributed by atoms with Crippen molar-refractivity contribution in [2.24, 2.45) is 0 Å². The molecule has 0 unspecified atom stereocenters. The molecule has 0 saturated heterocycles. The number of hydrogen-bond acceptors (Lipinski definition) is 4. The molecular weight excluding hydrogens is 316 g/mol. The second-order valence-electron chi connectivity index (χ2n) is 5.93. The zero-order chi connectivity index (χ0) is 17.8. The van der Waals surface area contributed by atoms with Gasteiger partial charge in [0.2, 0.25) is 0 Å². The largest absolute Gasteiger partial charge is 0.383 e. The Kier molecular flexibility index (Phi) is 5.09. The summed E-state index contributed by atoms with van der Waals surface area (Å²) in [5.74, 6) is -0.180. The topological polar surface area (TPSA) is 69.0 Å². The number of methoxy groups -OCH3 is 1. The second kappa shape index (κ2) is 7.44. The molecule has 130 valence electrons. The number of aromatic nitrogens is 3. The monoisotopic (exact) mass is 338 g/mol. The van der Waals surface area contributed by atoms with Gasteiger partial charge in [-0.2, -0.15) is 5.10 Å².